The molecule has 12 heteroatoms. The predicted molar refractivity (Wildman–Crippen MR) is 167 cm³/mol. The number of carbonyl (C=O) groups is 2. The zero-order valence-electron chi connectivity index (χ0n) is 26.2. The molecule has 0 radical (unpaired) electrons. The van der Waals surface area contributed by atoms with Crippen LogP contribution < -0.4 is 25.0 Å². The van der Waals surface area contributed by atoms with E-state index in [0.29, 0.717) is 37.1 Å². The average Bonchev–Trinajstić information content (AvgIpc) is 3.59. The molecule has 3 aromatic rings. The van der Waals surface area contributed by atoms with Gasteiger partial charge in [0, 0.05) is 68.4 Å². The van der Waals surface area contributed by atoms with Crippen LogP contribution >= 0.6 is 0 Å². The van der Waals surface area contributed by atoms with Gasteiger partial charge in [0.25, 0.3) is 0 Å². The number of nitrogens with zero attached hydrogens (tertiary/aromatic N) is 6. The SMILES string of the molecule is COc1ccc(OC)c(CNC(=O)CC2CN(C(=O)NC3CCCCC3)CCN2c2nc(-n3ccnc3)ncc2C(C)C)c1. The summed E-state index contributed by atoms with van der Waals surface area (Å²) in [7, 11) is 3.21. The van der Waals surface area contributed by atoms with Crippen LogP contribution in [0.2, 0.25) is 0 Å². The Labute approximate surface area is 259 Å². The minimum absolute atomic E-state index is 0.0612. The normalized spacial score (nSPS) is 17.4. The number of imidazole rings is 1. The number of aromatic nitrogens is 4. The van der Waals surface area contributed by atoms with Gasteiger partial charge in [-0.05, 0) is 37.0 Å². The van der Waals surface area contributed by atoms with Crippen LogP contribution in [0.15, 0.2) is 43.1 Å². The molecular weight excluding hydrogens is 560 g/mol. The highest BCUT2D eigenvalue weighted by Crippen LogP contribution is 2.30. The van der Waals surface area contributed by atoms with E-state index in [1.165, 1.54) is 6.42 Å². The lowest BCUT2D eigenvalue weighted by molar-refractivity contribution is -0.121. The number of piperazine rings is 1. The summed E-state index contributed by atoms with van der Waals surface area (Å²) >= 11 is 0. The van der Waals surface area contributed by atoms with Gasteiger partial charge in [0.2, 0.25) is 11.9 Å². The third kappa shape index (κ3) is 7.40. The largest absolute Gasteiger partial charge is 0.497 e. The van der Waals surface area contributed by atoms with E-state index in [9.17, 15) is 9.59 Å². The lowest BCUT2D eigenvalue weighted by Crippen LogP contribution is -2.59. The Bertz CT molecular complexity index is 1410. The number of hydrogen-bond donors (Lipinski definition) is 2. The van der Waals surface area contributed by atoms with E-state index in [-0.39, 0.29) is 42.9 Å². The highest BCUT2D eigenvalue weighted by atomic mass is 16.5. The first-order valence-corrected chi connectivity index (χ1v) is 15.5. The Morgan fingerprint density at radius 1 is 1.09 bits per heavy atom. The highest BCUT2D eigenvalue weighted by molar-refractivity contribution is 5.78. The number of rotatable bonds is 10. The van der Waals surface area contributed by atoms with Crippen molar-refractivity contribution in [3.05, 3.63) is 54.2 Å². The molecule has 0 bridgehead atoms. The van der Waals surface area contributed by atoms with Crippen LogP contribution in [0.4, 0.5) is 10.6 Å². The van der Waals surface area contributed by atoms with Crippen molar-refractivity contribution >= 4 is 17.8 Å². The maximum atomic E-state index is 13.5. The van der Waals surface area contributed by atoms with E-state index in [1.54, 1.807) is 37.5 Å². The summed E-state index contributed by atoms with van der Waals surface area (Å²) in [6.45, 7) is 5.97. The van der Waals surface area contributed by atoms with Crippen LogP contribution in [0.3, 0.4) is 0 Å². The fourth-order valence-corrected chi connectivity index (χ4v) is 6.02. The third-order valence-corrected chi connectivity index (χ3v) is 8.50. The molecule has 1 aromatic carbocycles. The molecule has 5 rings (SSSR count). The summed E-state index contributed by atoms with van der Waals surface area (Å²) < 4.78 is 12.6. The van der Waals surface area contributed by atoms with E-state index in [2.05, 4.69) is 39.3 Å². The molecule has 1 saturated heterocycles. The molecule has 2 aliphatic rings. The number of methoxy groups -OCH3 is 2. The lowest BCUT2D eigenvalue weighted by atomic mass is 9.96. The van der Waals surface area contributed by atoms with Crippen molar-refractivity contribution in [2.24, 2.45) is 0 Å². The van der Waals surface area contributed by atoms with Crippen molar-refractivity contribution in [1.82, 2.24) is 35.1 Å². The molecule has 44 heavy (non-hydrogen) atoms. The van der Waals surface area contributed by atoms with Crippen molar-refractivity contribution in [2.45, 2.75) is 76.9 Å². The summed E-state index contributed by atoms with van der Waals surface area (Å²) in [4.78, 5) is 44.6. The molecule has 1 unspecified atom stereocenters. The minimum atomic E-state index is -0.295. The monoisotopic (exact) mass is 604 g/mol. The van der Waals surface area contributed by atoms with E-state index in [4.69, 9.17) is 14.5 Å². The summed E-state index contributed by atoms with van der Waals surface area (Å²) in [6.07, 6.45) is 12.7. The van der Waals surface area contributed by atoms with Gasteiger partial charge in [0.05, 0.1) is 20.3 Å². The molecule has 0 spiro atoms. The topological polar surface area (TPSA) is 127 Å². The lowest BCUT2D eigenvalue weighted by Gasteiger charge is -2.43. The number of benzene rings is 1. The summed E-state index contributed by atoms with van der Waals surface area (Å²) in [6, 6.07) is 5.36. The zero-order valence-corrected chi connectivity index (χ0v) is 26.2. The number of carbonyl (C=O) groups excluding carboxylic acids is 2. The molecule has 1 aliphatic heterocycles. The van der Waals surface area contributed by atoms with Crippen molar-refractivity contribution < 1.29 is 19.1 Å². The van der Waals surface area contributed by atoms with Gasteiger partial charge in [-0.25, -0.2) is 14.8 Å². The van der Waals surface area contributed by atoms with Gasteiger partial charge in [0.1, 0.15) is 23.6 Å². The number of urea groups is 1. The van der Waals surface area contributed by atoms with Gasteiger partial charge in [-0.1, -0.05) is 33.1 Å². The van der Waals surface area contributed by atoms with Crippen molar-refractivity contribution in [2.75, 3.05) is 38.8 Å². The van der Waals surface area contributed by atoms with Gasteiger partial charge in [-0.3, -0.25) is 9.36 Å². The summed E-state index contributed by atoms with van der Waals surface area (Å²) in [5, 5.41) is 6.31. The Morgan fingerprint density at radius 2 is 1.91 bits per heavy atom. The quantitative estimate of drug-likeness (QED) is 0.355. The number of amides is 3. The standard InChI is InChI=1S/C32H44N8O4/c1-22(2)27-19-35-31(39-13-12-33-21-39)37-30(27)40-15-14-38(32(42)36-24-8-6-5-7-9-24)20-25(40)17-29(41)34-18-23-16-26(43-3)10-11-28(23)44-4/h10-13,16,19,21-22,24-25H,5-9,14-15,17-18,20H2,1-4H3,(H,34,41)(H,36,42). The first-order valence-electron chi connectivity index (χ1n) is 15.5. The van der Waals surface area contributed by atoms with Crippen molar-refractivity contribution in [1.29, 1.82) is 0 Å². The van der Waals surface area contributed by atoms with Crippen molar-refractivity contribution in [3.63, 3.8) is 0 Å². The number of hydrogen-bond acceptors (Lipinski definition) is 8. The fourth-order valence-electron chi connectivity index (χ4n) is 6.02. The molecule has 3 heterocycles. The zero-order chi connectivity index (χ0) is 31.1. The Balaban J connectivity index is 1.38. The second-order valence-corrected chi connectivity index (χ2v) is 11.8. The minimum Gasteiger partial charge on any atom is -0.497 e. The van der Waals surface area contributed by atoms with E-state index < -0.39 is 0 Å². The van der Waals surface area contributed by atoms with E-state index >= 15 is 0 Å². The van der Waals surface area contributed by atoms with Crippen molar-refractivity contribution in [3.8, 4) is 17.4 Å². The summed E-state index contributed by atoms with van der Waals surface area (Å²) in [5.74, 6) is 2.67. The highest BCUT2D eigenvalue weighted by Gasteiger charge is 2.34. The van der Waals surface area contributed by atoms with Gasteiger partial charge >= 0.3 is 6.03 Å². The first-order chi connectivity index (χ1) is 21.4. The second-order valence-electron chi connectivity index (χ2n) is 11.8. The number of anilines is 1. The molecule has 2 aromatic heterocycles. The van der Waals surface area contributed by atoms with Gasteiger partial charge in [0.15, 0.2) is 0 Å². The van der Waals surface area contributed by atoms with Crippen LogP contribution in [0.5, 0.6) is 11.5 Å². The summed E-state index contributed by atoms with van der Waals surface area (Å²) in [5.41, 5.74) is 1.80. The molecule has 236 valence electrons. The molecular formula is C32H44N8O4. The van der Waals surface area contributed by atoms with Crippen LogP contribution in [-0.4, -0.2) is 82.3 Å². The smallest absolute Gasteiger partial charge is 0.317 e. The maximum Gasteiger partial charge on any atom is 0.317 e. The third-order valence-electron chi connectivity index (χ3n) is 8.50. The molecule has 12 nitrogen and oxygen atoms in total. The fraction of sp³-hybridized carbons (Fsp3) is 0.531. The Hall–Kier alpha value is -4.35. The van der Waals surface area contributed by atoms with Gasteiger partial charge in [-0.2, -0.15) is 4.98 Å². The van der Waals surface area contributed by atoms with Crippen LogP contribution in [0, 0.1) is 0 Å². The van der Waals surface area contributed by atoms with E-state index in [1.807, 2.05) is 29.3 Å². The molecule has 1 aliphatic carbocycles. The predicted octanol–water partition coefficient (Wildman–Crippen LogP) is 4.04. The number of nitrogens with one attached hydrogen (secondary N) is 2. The first kappa shape index (κ1) is 31.1. The average molecular weight is 605 g/mol. The van der Waals surface area contributed by atoms with E-state index in [0.717, 1.165) is 42.6 Å². The Morgan fingerprint density at radius 3 is 2.61 bits per heavy atom. The van der Waals surface area contributed by atoms with Gasteiger partial charge < -0.3 is 29.9 Å². The van der Waals surface area contributed by atoms with Crippen LogP contribution in [0.1, 0.15) is 69.4 Å². The molecule has 2 fully saturated rings. The second kappa shape index (κ2) is 14.4. The molecule has 1 saturated carbocycles. The molecule has 3 amide bonds. The van der Waals surface area contributed by atoms with Crippen LogP contribution in [0.25, 0.3) is 5.95 Å². The van der Waals surface area contributed by atoms with Gasteiger partial charge in [-0.15, -0.1) is 0 Å². The Kier molecular flexibility index (Phi) is 10.2. The molecule has 1 atom stereocenters. The molecule has 2 N–H and O–H groups in total. The maximum absolute atomic E-state index is 13.5. The number of ether oxygens (including phenoxy) is 2. The van der Waals surface area contributed by atoms with Crippen LogP contribution in [-0.2, 0) is 11.3 Å².